The molecule has 0 radical (unpaired) electrons. The second-order valence-corrected chi connectivity index (χ2v) is 6.20. The lowest BCUT2D eigenvalue weighted by atomic mass is 10.0. The van der Waals surface area contributed by atoms with Gasteiger partial charge in [0.15, 0.2) is 0 Å². The predicted molar refractivity (Wildman–Crippen MR) is 77.9 cm³/mol. The van der Waals surface area contributed by atoms with Crippen LogP contribution in [0, 0.1) is 0 Å². The highest BCUT2D eigenvalue weighted by atomic mass is 32.1. The summed E-state index contributed by atoms with van der Waals surface area (Å²) in [5.74, 6) is 0. The smallest absolute Gasteiger partial charge is 0.0148 e. The minimum atomic E-state index is 0.315. The van der Waals surface area contributed by atoms with Gasteiger partial charge < -0.3 is 5.32 Å². The summed E-state index contributed by atoms with van der Waals surface area (Å²) in [6.45, 7) is 10.1. The molecule has 1 aromatic rings. The van der Waals surface area contributed by atoms with Crippen molar-refractivity contribution in [2.75, 3.05) is 26.7 Å². The summed E-state index contributed by atoms with van der Waals surface area (Å²) in [7, 11) is 2.21. The molecule has 0 atom stereocenters. The maximum Gasteiger partial charge on any atom is 0.0148 e. The minimum Gasteiger partial charge on any atom is -0.315 e. The third-order valence-electron chi connectivity index (χ3n) is 3.65. The van der Waals surface area contributed by atoms with Gasteiger partial charge in [-0.25, -0.2) is 0 Å². The monoisotopic (exact) mass is 254 g/mol. The molecule has 0 spiro atoms. The average Bonchev–Trinajstić information content (AvgIpc) is 2.81. The van der Waals surface area contributed by atoms with Crippen LogP contribution < -0.4 is 5.32 Å². The van der Waals surface area contributed by atoms with E-state index in [4.69, 9.17) is 0 Å². The first-order valence-electron chi connectivity index (χ1n) is 6.50. The summed E-state index contributed by atoms with van der Waals surface area (Å²) in [4.78, 5) is 3.91. The Morgan fingerprint density at radius 3 is 2.71 bits per heavy atom. The second kappa shape index (κ2) is 7.14. The summed E-state index contributed by atoms with van der Waals surface area (Å²) in [5.41, 5.74) is 0.315. The van der Waals surface area contributed by atoms with E-state index in [9.17, 15) is 0 Å². The normalized spacial score (nSPS) is 12.3. The molecule has 0 aliphatic heterocycles. The lowest BCUT2D eigenvalue weighted by Gasteiger charge is -2.34. The lowest BCUT2D eigenvalue weighted by molar-refractivity contribution is 0.152. The molecular weight excluding hydrogens is 228 g/mol. The van der Waals surface area contributed by atoms with Crippen molar-refractivity contribution in [3.8, 4) is 0 Å². The van der Waals surface area contributed by atoms with E-state index in [0.29, 0.717) is 5.54 Å². The van der Waals surface area contributed by atoms with Crippen LogP contribution in [0.25, 0.3) is 0 Å². The van der Waals surface area contributed by atoms with E-state index < -0.39 is 0 Å². The first-order chi connectivity index (χ1) is 8.06. The number of thiophene rings is 1. The van der Waals surface area contributed by atoms with E-state index in [1.807, 2.05) is 11.3 Å². The quantitative estimate of drug-likeness (QED) is 0.718. The third-order valence-corrected chi connectivity index (χ3v) is 4.59. The Bertz CT molecular complexity index is 293. The van der Waals surface area contributed by atoms with Gasteiger partial charge >= 0.3 is 0 Å². The largest absolute Gasteiger partial charge is 0.315 e. The van der Waals surface area contributed by atoms with Crippen molar-refractivity contribution in [2.45, 2.75) is 39.2 Å². The number of likely N-dealkylation sites (N-methyl/N-ethyl adjacent to an activating group) is 1. The fourth-order valence-electron chi connectivity index (χ4n) is 1.61. The number of hydrogen-bond donors (Lipinski definition) is 1. The van der Waals surface area contributed by atoms with E-state index in [1.54, 1.807) is 0 Å². The van der Waals surface area contributed by atoms with Crippen LogP contribution in [0.2, 0.25) is 0 Å². The second-order valence-electron chi connectivity index (χ2n) is 5.17. The molecule has 0 amide bonds. The van der Waals surface area contributed by atoms with Crippen LogP contribution in [-0.2, 0) is 6.42 Å². The maximum absolute atomic E-state index is 3.52. The van der Waals surface area contributed by atoms with Gasteiger partial charge in [-0.15, -0.1) is 11.3 Å². The summed E-state index contributed by atoms with van der Waals surface area (Å²) in [6.07, 6.45) is 2.34. The van der Waals surface area contributed by atoms with Crippen molar-refractivity contribution in [2.24, 2.45) is 0 Å². The van der Waals surface area contributed by atoms with E-state index in [1.165, 1.54) is 11.3 Å². The molecule has 0 fully saturated rings. The Labute approximate surface area is 110 Å². The van der Waals surface area contributed by atoms with Crippen molar-refractivity contribution >= 4 is 11.3 Å². The van der Waals surface area contributed by atoms with Crippen LogP contribution >= 0.6 is 11.3 Å². The zero-order valence-corrected chi connectivity index (χ0v) is 12.4. The van der Waals surface area contributed by atoms with Crippen molar-refractivity contribution in [3.63, 3.8) is 0 Å². The number of rotatable bonds is 8. The molecule has 0 aliphatic carbocycles. The van der Waals surface area contributed by atoms with Crippen LogP contribution in [0.1, 0.15) is 32.1 Å². The molecule has 1 N–H and O–H groups in total. The van der Waals surface area contributed by atoms with Crippen molar-refractivity contribution in [1.29, 1.82) is 0 Å². The average molecular weight is 254 g/mol. The summed E-state index contributed by atoms with van der Waals surface area (Å²) in [6, 6.07) is 4.33. The van der Waals surface area contributed by atoms with Crippen molar-refractivity contribution in [3.05, 3.63) is 22.4 Å². The molecule has 0 aromatic carbocycles. The van der Waals surface area contributed by atoms with Crippen LogP contribution in [0.4, 0.5) is 0 Å². The maximum atomic E-state index is 3.52. The molecule has 3 heteroatoms. The molecule has 1 aromatic heterocycles. The van der Waals surface area contributed by atoms with Crippen LogP contribution in [0.3, 0.4) is 0 Å². The van der Waals surface area contributed by atoms with Gasteiger partial charge in [-0.1, -0.05) is 13.0 Å². The number of nitrogens with zero attached hydrogens (tertiary/aromatic N) is 1. The van der Waals surface area contributed by atoms with Crippen LogP contribution in [-0.4, -0.2) is 37.1 Å². The highest BCUT2D eigenvalue weighted by Gasteiger charge is 2.19. The summed E-state index contributed by atoms with van der Waals surface area (Å²) >= 11 is 1.84. The first kappa shape index (κ1) is 14.7. The Balaban J connectivity index is 2.08. The van der Waals surface area contributed by atoms with Crippen LogP contribution in [0.15, 0.2) is 17.5 Å². The van der Waals surface area contributed by atoms with E-state index in [-0.39, 0.29) is 0 Å². The van der Waals surface area contributed by atoms with E-state index in [0.717, 1.165) is 26.1 Å². The zero-order chi connectivity index (χ0) is 12.7. The minimum absolute atomic E-state index is 0.315. The van der Waals surface area contributed by atoms with Gasteiger partial charge in [-0.05, 0) is 45.2 Å². The molecular formula is C14H26N2S. The van der Waals surface area contributed by atoms with Gasteiger partial charge in [-0.2, -0.15) is 0 Å². The molecule has 0 saturated heterocycles. The van der Waals surface area contributed by atoms with Gasteiger partial charge in [-0.3, -0.25) is 4.90 Å². The van der Waals surface area contributed by atoms with Crippen LogP contribution in [0.5, 0.6) is 0 Å². The highest BCUT2D eigenvalue weighted by Crippen LogP contribution is 2.15. The Morgan fingerprint density at radius 2 is 2.12 bits per heavy atom. The number of hydrogen-bond acceptors (Lipinski definition) is 3. The third kappa shape index (κ3) is 5.19. The molecule has 1 rings (SSSR count). The molecule has 1 heterocycles. The Kier molecular flexibility index (Phi) is 6.17. The van der Waals surface area contributed by atoms with Crippen molar-refractivity contribution < 1.29 is 0 Å². The van der Waals surface area contributed by atoms with Gasteiger partial charge in [0.2, 0.25) is 0 Å². The van der Waals surface area contributed by atoms with E-state index >= 15 is 0 Å². The van der Waals surface area contributed by atoms with Gasteiger partial charge in [0, 0.05) is 30.1 Å². The standard InChI is InChI=1S/C14H26N2S/c1-5-14(2,3)16(4)11-10-15-9-8-13-7-6-12-17-13/h6-7,12,15H,5,8-11H2,1-4H3. The molecule has 98 valence electrons. The number of nitrogens with one attached hydrogen (secondary N) is 1. The van der Waals surface area contributed by atoms with E-state index in [2.05, 4.69) is 55.5 Å². The Hall–Kier alpha value is -0.380. The topological polar surface area (TPSA) is 15.3 Å². The molecule has 2 nitrogen and oxygen atoms in total. The van der Waals surface area contributed by atoms with Gasteiger partial charge in [0.25, 0.3) is 0 Å². The SMILES string of the molecule is CCC(C)(C)N(C)CCNCCc1cccs1. The zero-order valence-electron chi connectivity index (χ0n) is 11.6. The lowest BCUT2D eigenvalue weighted by Crippen LogP contribution is -2.43. The predicted octanol–water partition coefficient (Wildman–Crippen LogP) is 3.00. The molecule has 0 bridgehead atoms. The van der Waals surface area contributed by atoms with Crippen molar-refractivity contribution in [1.82, 2.24) is 10.2 Å². The molecule has 0 unspecified atom stereocenters. The molecule has 0 aliphatic rings. The fraction of sp³-hybridized carbons (Fsp3) is 0.714. The van der Waals surface area contributed by atoms with Gasteiger partial charge in [0.1, 0.15) is 0 Å². The highest BCUT2D eigenvalue weighted by molar-refractivity contribution is 7.09. The molecule has 0 saturated carbocycles. The Morgan fingerprint density at radius 1 is 1.35 bits per heavy atom. The summed E-state index contributed by atoms with van der Waals surface area (Å²) < 4.78 is 0. The first-order valence-corrected chi connectivity index (χ1v) is 7.38. The van der Waals surface area contributed by atoms with Gasteiger partial charge in [0.05, 0.1) is 0 Å². The molecule has 17 heavy (non-hydrogen) atoms. The fourth-order valence-corrected chi connectivity index (χ4v) is 2.32. The summed E-state index contributed by atoms with van der Waals surface area (Å²) in [5, 5.41) is 5.66.